The molecule has 6 heteroatoms. The number of para-hydroxylation sites is 2. The number of hydrogen-bond donors (Lipinski definition) is 1. The van der Waals surface area contributed by atoms with Crippen molar-refractivity contribution >= 4 is 23.0 Å². The first-order valence-corrected chi connectivity index (χ1v) is 7.68. The summed E-state index contributed by atoms with van der Waals surface area (Å²) in [6.07, 6.45) is 4.45. The Bertz CT molecular complexity index is 956. The highest BCUT2D eigenvalue weighted by atomic mass is 19.2. The third-order valence-corrected chi connectivity index (χ3v) is 3.68. The number of aromatic nitrogens is 2. The number of carbonyl (C=O) groups excluding carboxylic acids is 1. The number of halogens is 2. The molecule has 126 valence electrons. The number of carbonyl (C=O) groups is 1. The van der Waals surface area contributed by atoms with E-state index in [1.807, 2.05) is 24.3 Å². The van der Waals surface area contributed by atoms with Gasteiger partial charge in [0.05, 0.1) is 29.0 Å². The topological polar surface area (TPSA) is 54.9 Å². The van der Waals surface area contributed by atoms with Gasteiger partial charge >= 0.3 is 0 Å². The second-order valence-corrected chi connectivity index (χ2v) is 5.52. The smallest absolute Gasteiger partial charge is 0.244 e. The molecule has 1 unspecified atom stereocenters. The molecule has 25 heavy (non-hydrogen) atoms. The summed E-state index contributed by atoms with van der Waals surface area (Å²) in [5.41, 5.74) is 2.54. The van der Waals surface area contributed by atoms with Crippen molar-refractivity contribution in [2.75, 3.05) is 0 Å². The number of rotatable bonds is 4. The second-order valence-electron chi connectivity index (χ2n) is 5.52. The van der Waals surface area contributed by atoms with Crippen molar-refractivity contribution < 1.29 is 13.6 Å². The van der Waals surface area contributed by atoms with Crippen LogP contribution in [0.5, 0.6) is 0 Å². The van der Waals surface area contributed by atoms with Gasteiger partial charge in [-0.3, -0.25) is 9.78 Å². The number of nitrogens with zero attached hydrogens (tertiary/aromatic N) is 2. The Morgan fingerprint density at radius 1 is 1.12 bits per heavy atom. The van der Waals surface area contributed by atoms with Gasteiger partial charge in [-0.15, -0.1) is 0 Å². The molecule has 0 spiro atoms. The average Bonchev–Trinajstić information content (AvgIpc) is 2.62. The molecule has 2 aromatic carbocycles. The first kappa shape index (κ1) is 16.7. The van der Waals surface area contributed by atoms with Gasteiger partial charge in [0.25, 0.3) is 0 Å². The summed E-state index contributed by atoms with van der Waals surface area (Å²) < 4.78 is 26.2. The summed E-state index contributed by atoms with van der Waals surface area (Å²) in [5.74, 6) is -2.23. The summed E-state index contributed by atoms with van der Waals surface area (Å²) in [6.45, 7) is 1.69. The molecule has 3 aromatic rings. The fourth-order valence-corrected chi connectivity index (χ4v) is 2.34. The Kier molecular flexibility index (Phi) is 4.79. The molecule has 3 rings (SSSR count). The lowest BCUT2D eigenvalue weighted by Crippen LogP contribution is -2.24. The highest BCUT2D eigenvalue weighted by Crippen LogP contribution is 2.16. The van der Waals surface area contributed by atoms with Crippen molar-refractivity contribution in [3.8, 4) is 0 Å². The van der Waals surface area contributed by atoms with E-state index in [4.69, 9.17) is 0 Å². The fourth-order valence-electron chi connectivity index (χ4n) is 2.34. The van der Waals surface area contributed by atoms with E-state index >= 15 is 0 Å². The van der Waals surface area contributed by atoms with Gasteiger partial charge in [-0.05, 0) is 42.8 Å². The van der Waals surface area contributed by atoms with Crippen LogP contribution in [-0.2, 0) is 4.79 Å². The molecule has 1 atom stereocenters. The van der Waals surface area contributed by atoms with E-state index in [0.29, 0.717) is 11.3 Å². The zero-order valence-corrected chi connectivity index (χ0v) is 13.4. The van der Waals surface area contributed by atoms with Gasteiger partial charge in [-0.1, -0.05) is 18.2 Å². The molecule has 0 saturated heterocycles. The fraction of sp³-hybridized carbons (Fsp3) is 0.105. The third kappa shape index (κ3) is 4.03. The minimum absolute atomic E-state index is 0.368. The summed E-state index contributed by atoms with van der Waals surface area (Å²) in [4.78, 5) is 20.6. The van der Waals surface area contributed by atoms with Crippen LogP contribution in [0.3, 0.4) is 0 Å². The van der Waals surface area contributed by atoms with E-state index in [1.54, 1.807) is 19.2 Å². The van der Waals surface area contributed by atoms with Gasteiger partial charge in [0.2, 0.25) is 5.91 Å². The van der Waals surface area contributed by atoms with Crippen LogP contribution in [0.2, 0.25) is 0 Å². The highest BCUT2D eigenvalue weighted by molar-refractivity contribution is 5.92. The summed E-state index contributed by atoms with van der Waals surface area (Å²) in [7, 11) is 0. The molecule has 0 bridgehead atoms. The van der Waals surface area contributed by atoms with E-state index in [2.05, 4.69) is 15.3 Å². The second kappa shape index (κ2) is 7.17. The van der Waals surface area contributed by atoms with E-state index in [0.717, 1.165) is 23.2 Å². The van der Waals surface area contributed by atoms with Gasteiger partial charge in [0, 0.05) is 6.08 Å². The predicted molar refractivity (Wildman–Crippen MR) is 91.5 cm³/mol. The van der Waals surface area contributed by atoms with E-state index in [1.165, 1.54) is 12.1 Å². The lowest BCUT2D eigenvalue weighted by molar-refractivity contribution is -0.117. The van der Waals surface area contributed by atoms with Crippen molar-refractivity contribution in [1.82, 2.24) is 15.3 Å². The van der Waals surface area contributed by atoms with Crippen molar-refractivity contribution in [2.24, 2.45) is 0 Å². The molecule has 0 saturated carbocycles. The van der Waals surface area contributed by atoms with E-state index in [-0.39, 0.29) is 5.91 Å². The Morgan fingerprint density at radius 2 is 1.88 bits per heavy atom. The monoisotopic (exact) mass is 339 g/mol. The van der Waals surface area contributed by atoms with Crippen LogP contribution >= 0.6 is 0 Å². The van der Waals surface area contributed by atoms with Gasteiger partial charge in [-0.2, -0.15) is 0 Å². The Balaban J connectivity index is 1.68. The van der Waals surface area contributed by atoms with Crippen molar-refractivity contribution in [3.63, 3.8) is 0 Å². The van der Waals surface area contributed by atoms with Crippen molar-refractivity contribution in [3.05, 3.63) is 77.6 Å². The maximum absolute atomic E-state index is 13.3. The number of benzene rings is 2. The van der Waals surface area contributed by atoms with Gasteiger partial charge in [-0.25, -0.2) is 13.8 Å². The molecule has 4 nitrogen and oxygen atoms in total. The first-order valence-electron chi connectivity index (χ1n) is 7.68. The first-order chi connectivity index (χ1) is 12.0. The van der Waals surface area contributed by atoms with Crippen LogP contribution in [-0.4, -0.2) is 15.9 Å². The van der Waals surface area contributed by atoms with Gasteiger partial charge in [0.15, 0.2) is 11.6 Å². The van der Waals surface area contributed by atoms with Crippen molar-refractivity contribution in [1.29, 1.82) is 0 Å². The van der Waals surface area contributed by atoms with Gasteiger partial charge in [0.1, 0.15) is 0 Å². The summed E-state index contributed by atoms with van der Waals surface area (Å²) >= 11 is 0. The summed E-state index contributed by atoms with van der Waals surface area (Å²) in [5, 5.41) is 2.69. The maximum Gasteiger partial charge on any atom is 0.244 e. The highest BCUT2D eigenvalue weighted by Gasteiger charge is 2.10. The third-order valence-electron chi connectivity index (χ3n) is 3.68. The molecule has 0 fully saturated rings. The zero-order valence-electron chi connectivity index (χ0n) is 13.4. The number of fused-ring (bicyclic) bond motifs is 1. The van der Waals surface area contributed by atoms with Crippen LogP contribution in [0.4, 0.5) is 8.78 Å². The normalized spacial score (nSPS) is 12.4. The molecule has 1 N–H and O–H groups in total. The predicted octanol–water partition coefficient (Wildman–Crippen LogP) is 3.80. The molecule has 1 amide bonds. The van der Waals surface area contributed by atoms with Crippen LogP contribution in [0.25, 0.3) is 17.1 Å². The summed E-state index contributed by atoms with van der Waals surface area (Å²) in [6, 6.07) is 10.5. The average molecular weight is 339 g/mol. The minimum atomic E-state index is -0.944. The quantitative estimate of drug-likeness (QED) is 0.736. The molecule has 0 aliphatic carbocycles. The largest absolute Gasteiger partial charge is 0.346 e. The molecule has 0 radical (unpaired) electrons. The van der Waals surface area contributed by atoms with Gasteiger partial charge < -0.3 is 5.32 Å². The number of nitrogens with one attached hydrogen (secondary N) is 1. The van der Waals surface area contributed by atoms with Crippen LogP contribution in [0.15, 0.2) is 54.7 Å². The maximum atomic E-state index is 13.3. The van der Waals surface area contributed by atoms with Crippen molar-refractivity contribution in [2.45, 2.75) is 13.0 Å². The van der Waals surface area contributed by atoms with Crippen LogP contribution in [0.1, 0.15) is 24.2 Å². The van der Waals surface area contributed by atoms with Crippen LogP contribution in [0, 0.1) is 11.6 Å². The molecular weight excluding hydrogens is 324 g/mol. The minimum Gasteiger partial charge on any atom is -0.346 e. The molecular formula is C19H15F2N3O. The Labute approximate surface area is 143 Å². The Hall–Kier alpha value is -3.15. The van der Waals surface area contributed by atoms with E-state index < -0.39 is 17.7 Å². The molecule has 1 heterocycles. The SMILES string of the molecule is CC(NC(=O)/C=C/c1cnc2ccccc2n1)c1ccc(F)c(F)c1. The standard InChI is InChI=1S/C19H15F2N3O/c1-12(13-6-8-15(20)16(21)10-13)23-19(25)9-7-14-11-22-17-4-2-3-5-18(17)24-14/h2-12H,1H3,(H,23,25)/b9-7+. The number of amides is 1. The Morgan fingerprint density at radius 3 is 2.64 bits per heavy atom. The lowest BCUT2D eigenvalue weighted by atomic mass is 10.1. The number of hydrogen-bond acceptors (Lipinski definition) is 3. The molecule has 0 aliphatic rings. The van der Waals surface area contributed by atoms with E-state index in [9.17, 15) is 13.6 Å². The van der Waals surface area contributed by atoms with Crippen LogP contribution < -0.4 is 5.32 Å². The molecule has 1 aromatic heterocycles. The lowest BCUT2D eigenvalue weighted by Gasteiger charge is -2.13. The molecule has 0 aliphatic heterocycles. The zero-order chi connectivity index (χ0) is 17.8.